The fourth-order valence-electron chi connectivity index (χ4n) is 2.31. The average Bonchev–Trinajstić information content (AvgIpc) is 3.18. The molecule has 1 aliphatic rings. The van der Waals surface area contributed by atoms with E-state index in [9.17, 15) is 4.79 Å². The monoisotopic (exact) mass is 322 g/mol. The van der Waals surface area contributed by atoms with Crippen LogP contribution < -0.4 is 5.32 Å². The Labute approximate surface area is 132 Å². The lowest BCUT2D eigenvalue weighted by Gasteiger charge is -2.18. The van der Waals surface area contributed by atoms with Gasteiger partial charge >= 0.3 is 0 Å². The van der Waals surface area contributed by atoms with E-state index < -0.39 is 0 Å². The molecule has 1 saturated heterocycles. The van der Waals surface area contributed by atoms with Crippen LogP contribution in [0.3, 0.4) is 0 Å². The van der Waals surface area contributed by atoms with Gasteiger partial charge < -0.3 is 9.15 Å². The minimum absolute atomic E-state index is 0.230. The van der Waals surface area contributed by atoms with E-state index in [-0.39, 0.29) is 17.5 Å². The molecule has 0 bridgehead atoms. The van der Waals surface area contributed by atoms with E-state index in [2.05, 4.69) is 26.6 Å². The van der Waals surface area contributed by atoms with Crippen LogP contribution in [-0.4, -0.2) is 33.5 Å². The number of rotatable bonds is 5. The molecule has 1 aliphatic heterocycles. The maximum absolute atomic E-state index is 12.2. The highest BCUT2D eigenvalue weighted by atomic mass is 32.1. The molecule has 8 heteroatoms. The second-order valence-electron chi connectivity index (χ2n) is 5.18. The van der Waals surface area contributed by atoms with Crippen LogP contribution in [0.15, 0.2) is 10.7 Å². The highest BCUT2D eigenvalue weighted by Crippen LogP contribution is 2.26. The smallest absolute Gasteiger partial charge is 0.279 e. The van der Waals surface area contributed by atoms with Crippen LogP contribution in [-0.2, 0) is 11.2 Å². The van der Waals surface area contributed by atoms with Crippen molar-refractivity contribution in [2.45, 2.75) is 38.5 Å². The standard InChI is InChI=1S/C14H18N4O3S/c1-2-3-11-16-14(22-18-11)17-12(19)10-8-21-13(15-10)9-4-6-20-7-5-9/h8-9H,2-7H2,1H3,(H,16,17,18,19). The van der Waals surface area contributed by atoms with Crippen molar-refractivity contribution in [3.63, 3.8) is 0 Å². The summed E-state index contributed by atoms with van der Waals surface area (Å²) in [5.74, 6) is 1.28. The fraction of sp³-hybridized carbons (Fsp3) is 0.571. The van der Waals surface area contributed by atoms with Crippen molar-refractivity contribution in [3.05, 3.63) is 23.7 Å². The van der Waals surface area contributed by atoms with Crippen molar-refractivity contribution in [2.24, 2.45) is 0 Å². The van der Waals surface area contributed by atoms with Gasteiger partial charge in [0, 0.05) is 37.1 Å². The lowest BCUT2D eigenvalue weighted by molar-refractivity contribution is 0.0794. The molecule has 2 aromatic rings. The molecule has 7 nitrogen and oxygen atoms in total. The number of amides is 1. The van der Waals surface area contributed by atoms with Gasteiger partial charge in [0.05, 0.1) is 0 Å². The average molecular weight is 322 g/mol. The van der Waals surface area contributed by atoms with E-state index >= 15 is 0 Å². The molecule has 0 atom stereocenters. The number of nitrogens with zero attached hydrogens (tertiary/aromatic N) is 3. The summed E-state index contributed by atoms with van der Waals surface area (Å²) in [7, 11) is 0. The molecule has 1 amide bonds. The van der Waals surface area contributed by atoms with Gasteiger partial charge in [-0.2, -0.15) is 4.37 Å². The molecule has 0 unspecified atom stereocenters. The Morgan fingerprint density at radius 1 is 1.41 bits per heavy atom. The Hall–Kier alpha value is -1.80. The van der Waals surface area contributed by atoms with Crippen LogP contribution in [0.2, 0.25) is 0 Å². The summed E-state index contributed by atoms with van der Waals surface area (Å²) in [6, 6.07) is 0. The molecule has 3 rings (SSSR count). The van der Waals surface area contributed by atoms with Crippen LogP contribution in [0.5, 0.6) is 0 Å². The van der Waals surface area contributed by atoms with Gasteiger partial charge in [0.2, 0.25) is 5.13 Å². The molecular weight excluding hydrogens is 304 g/mol. The summed E-state index contributed by atoms with van der Waals surface area (Å²) in [5.41, 5.74) is 0.272. The second-order valence-corrected chi connectivity index (χ2v) is 5.93. The summed E-state index contributed by atoms with van der Waals surface area (Å²) in [4.78, 5) is 20.7. The maximum atomic E-state index is 12.2. The third-order valence-electron chi connectivity index (χ3n) is 3.49. The third-order valence-corrected chi connectivity index (χ3v) is 4.16. The van der Waals surface area contributed by atoms with Gasteiger partial charge in [-0.25, -0.2) is 9.97 Å². The Balaban J connectivity index is 1.63. The molecule has 118 valence electrons. The van der Waals surface area contributed by atoms with Crippen LogP contribution in [0, 0.1) is 0 Å². The maximum Gasteiger partial charge on any atom is 0.279 e. The SMILES string of the molecule is CCCc1nsc(NC(=O)c2coc(C3CCOCC3)n2)n1. The molecule has 0 aliphatic carbocycles. The minimum Gasteiger partial charge on any atom is -0.448 e. The van der Waals surface area contributed by atoms with Crippen LogP contribution >= 0.6 is 11.5 Å². The summed E-state index contributed by atoms with van der Waals surface area (Å²) in [6.07, 6.45) is 4.93. The summed E-state index contributed by atoms with van der Waals surface area (Å²) < 4.78 is 15.0. The first-order valence-electron chi connectivity index (χ1n) is 7.43. The number of carbonyl (C=O) groups is 1. The molecule has 2 aromatic heterocycles. The number of hydrogen-bond donors (Lipinski definition) is 1. The van der Waals surface area contributed by atoms with Crippen molar-refractivity contribution in [1.29, 1.82) is 0 Å². The topological polar surface area (TPSA) is 90.1 Å². The van der Waals surface area contributed by atoms with Crippen molar-refractivity contribution in [3.8, 4) is 0 Å². The minimum atomic E-state index is -0.318. The predicted molar refractivity (Wildman–Crippen MR) is 81.2 cm³/mol. The molecular formula is C14H18N4O3S. The number of anilines is 1. The van der Waals surface area contributed by atoms with Gasteiger partial charge in [-0.15, -0.1) is 0 Å². The fourth-order valence-corrected chi connectivity index (χ4v) is 2.92. The number of hydrogen-bond acceptors (Lipinski definition) is 7. The van der Waals surface area contributed by atoms with Crippen molar-refractivity contribution in [1.82, 2.24) is 14.3 Å². The molecule has 0 aromatic carbocycles. The van der Waals surface area contributed by atoms with Crippen LogP contribution in [0.1, 0.15) is 54.3 Å². The van der Waals surface area contributed by atoms with Gasteiger partial charge in [0.25, 0.3) is 5.91 Å². The van der Waals surface area contributed by atoms with E-state index in [1.165, 1.54) is 17.8 Å². The number of oxazole rings is 1. The van der Waals surface area contributed by atoms with Gasteiger partial charge in [-0.3, -0.25) is 10.1 Å². The molecule has 0 spiro atoms. The first kappa shape index (κ1) is 15.1. The second kappa shape index (κ2) is 6.97. The van der Waals surface area contributed by atoms with Gasteiger partial charge in [0.1, 0.15) is 12.1 Å². The van der Waals surface area contributed by atoms with Crippen molar-refractivity contribution >= 4 is 22.6 Å². The van der Waals surface area contributed by atoms with E-state index in [1.807, 2.05) is 0 Å². The molecule has 0 saturated carbocycles. The molecule has 22 heavy (non-hydrogen) atoms. The van der Waals surface area contributed by atoms with Gasteiger partial charge in [-0.1, -0.05) is 6.92 Å². The quantitative estimate of drug-likeness (QED) is 0.910. The van der Waals surface area contributed by atoms with E-state index in [0.717, 1.165) is 31.5 Å². The largest absolute Gasteiger partial charge is 0.448 e. The Morgan fingerprint density at radius 2 is 2.23 bits per heavy atom. The lowest BCUT2D eigenvalue weighted by atomic mass is 10.0. The zero-order valence-corrected chi connectivity index (χ0v) is 13.2. The number of carbonyl (C=O) groups excluding carboxylic acids is 1. The van der Waals surface area contributed by atoms with Gasteiger partial charge in [-0.05, 0) is 19.3 Å². The number of aryl methyl sites for hydroxylation is 1. The summed E-state index contributed by atoms with van der Waals surface area (Å²) in [5, 5.41) is 3.20. The first-order chi connectivity index (χ1) is 10.8. The number of ether oxygens (including phenoxy) is 1. The van der Waals surface area contributed by atoms with Gasteiger partial charge in [0.15, 0.2) is 11.6 Å². The first-order valence-corrected chi connectivity index (χ1v) is 8.20. The number of nitrogens with one attached hydrogen (secondary N) is 1. The molecule has 1 fully saturated rings. The molecule has 0 radical (unpaired) electrons. The Bertz CT molecular complexity index is 634. The highest BCUT2D eigenvalue weighted by molar-refractivity contribution is 7.09. The van der Waals surface area contributed by atoms with E-state index in [4.69, 9.17) is 9.15 Å². The molecule has 3 heterocycles. The highest BCUT2D eigenvalue weighted by Gasteiger charge is 2.22. The van der Waals surface area contributed by atoms with Crippen LogP contribution in [0.25, 0.3) is 0 Å². The van der Waals surface area contributed by atoms with E-state index in [0.29, 0.717) is 24.2 Å². The van der Waals surface area contributed by atoms with Crippen molar-refractivity contribution < 1.29 is 13.9 Å². The summed E-state index contributed by atoms with van der Waals surface area (Å²) >= 11 is 1.18. The number of aromatic nitrogens is 3. The third kappa shape index (κ3) is 3.50. The zero-order valence-electron chi connectivity index (χ0n) is 12.4. The Kier molecular flexibility index (Phi) is 4.79. The van der Waals surface area contributed by atoms with Crippen molar-refractivity contribution in [2.75, 3.05) is 18.5 Å². The lowest BCUT2D eigenvalue weighted by Crippen LogP contribution is -2.15. The Morgan fingerprint density at radius 3 is 3.00 bits per heavy atom. The normalized spacial score (nSPS) is 15.9. The summed E-state index contributed by atoms with van der Waals surface area (Å²) in [6.45, 7) is 3.48. The predicted octanol–water partition coefficient (Wildman–Crippen LogP) is 2.62. The molecule has 1 N–H and O–H groups in total. The van der Waals surface area contributed by atoms with E-state index in [1.54, 1.807) is 0 Å². The zero-order chi connectivity index (χ0) is 15.4. The van der Waals surface area contributed by atoms with Crippen LogP contribution in [0.4, 0.5) is 5.13 Å².